The van der Waals surface area contributed by atoms with Crippen molar-refractivity contribution in [2.75, 3.05) is 11.0 Å². The fourth-order valence-electron chi connectivity index (χ4n) is 7.66. The summed E-state index contributed by atoms with van der Waals surface area (Å²) in [5.74, 6) is -8.15. The first-order chi connectivity index (χ1) is 25.4. The molecule has 282 valence electrons. The quantitative estimate of drug-likeness (QED) is 0.146. The van der Waals surface area contributed by atoms with Crippen molar-refractivity contribution in [2.24, 2.45) is 20.0 Å². The monoisotopic (exact) mass is 790 g/mol. The largest absolute Gasteiger partial charge is 0.349 e. The Bertz CT molecular complexity index is 2640. The molecule has 3 atom stereocenters. The smallest absolute Gasteiger partial charge is 0.293 e. The molecule has 0 radical (unpaired) electrons. The van der Waals surface area contributed by atoms with Crippen molar-refractivity contribution in [3.63, 3.8) is 0 Å². The van der Waals surface area contributed by atoms with E-state index in [0.29, 0.717) is 38.4 Å². The van der Waals surface area contributed by atoms with Gasteiger partial charge in [0.15, 0.2) is 5.82 Å². The van der Waals surface area contributed by atoms with Crippen molar-refractivity contribution >= 4 is 55.3 Å². The van der Waals surface area contributed by atoms with Crippen molar-refractivity contribution in [1.29, 1.82) is 0 Å². The van der Waals surface area contributed by atoms with E-state index in [4.69, 9.17) is 16.6 Å². The zero-order valence-corrected chi connectivity index (χ0v) is 30.1. The van der Waals surface area contributed by atoms with Gasteiger partial charge in [-0.2, -0.15) is 19.0 Å². The number of pyridine rings is 1. The van der Waals surface area contributed by atoms with Crippen LogP contribution in [0.2, 0.25) is 5.02 Å². The number of alkyl halides is 4. The van der Waals surface area contributed by atoms with Crippen LogP contribution < -0.4 is 10.0 Å². The Morgan fingerprint density at radius 2 is 1.76 bits per heavy atom. The third-order valence-corrected chi connectivity index (χ3v) is 10.8. The number of benzene rings is 2. The van der Waals surface area contributed by atoms with Gasteiger partial charge in [-0.1, -0.05) is 17.7 Å². The van der Waals surface area contributed by atoms with E-state index >= 15 is 8.78 Å². The first-order valence-electron chi connectivity index (χ1n) is 16.5. The molecule has 1 saturated carbocycles. The molecule has 2 aromatic carbocycles. The number of amides is 1. The molecule has 54 heavy (non-hydrogen) atoms. The number of aryl methyl sites for hydroxylation is 2. The zero-order chi connectivity index (χ0) is 38.6. The van der Waals surface area contributed by atoms with Gasteiger partial charge in [0.05, 0.1) is 45.0 Å². The number of anilines is 1. The van der Waals surface area contributed by atoms with E-state index in [1.54, 1.807) is 43.1 Å². The molecule has 6 aromatic rings. The second-order valence-corrected chi connectivity index (χ2v) is 15.9. The topological polar surface area (TPSA) is 129 Å². The van der Waals surface area contributed by atoms with Gasteiger partial charge in [0.2, 0.25) is 15.9 Å². The first-order valence-corrected chi connectivity index (χ1v) is 18.8. The average Bonchev–Trinajstić information content (AvgIpc) is 3.41. The summed E-state index contributed by atoms with van der Waals surface area (Å²) in [7, 11) is -0.463. The van der Waals surface area contributed by atoms with E-state index in [-0.39, 0.29) is 45.9 Å². The van der Waals surface area contributed by atoms with Gasteiger partial charge >= 0.3 is 0 Å². The number of halogens is 7. The third kappa shape index (κ3) is 6.04. The van der Waals surface area contributed by atoms with Crippen molar-refractivity contribution < 1.29 is 39.6 Å². The number of sulfonamides is 1. The standard InChI is InChI=1S/C35H29ClF6N8O3S/c1-48-7-6-23-25(48)13-19(18-4-5-22(36)28-31(18)49(2)46-34(28)47-54(3,52)53)29(44-23)24(10-15-8-16(37)11-17(38)9-15)43-26(51)14-50-32-27(30(45-50)33(39)40)20-12-21(20)35(32,41)42/h4-9,11,13,20-21,24,33H,10,12,14H2,1-3H3,(H,43,51)(H,46,47)/t20-,21+,24?/m0/s1. The highest BCUT2D eigenvalue weighted by Crippen LogP contribution is 2.68. The van der Waals surface area contributed by atoms with E-state index in [9.17, 15) is 30.8 Å². The Kier molecular flexibility index (Phi) is 8.29. The number of nitrogens with one attached hydrogen (secondary N) is 2. The molecule has 0 spiro atoms. The summed E-state index contributed by atoms with van der Waals surface area (Å²) in [5, 5.41) is 11.3. The normalized spacial score (nSPS) is 18.0. The molecule has 8 rings (SSSR count). The lowest BCUT2D eigenvalue weighted by Crippen LogP contribution is -2.35. The molecule has 4 aromatic heterocycles. The van der Waals surface area contributed by atoms with Crippen LogP contribution in [0, 0.1) is 17.6 Å². The second kappa shape index (κ2) is 12.5. The van der Waals surface area contributed by atoms with Crippen LogP contribution in [0.3, 0.4) is 0 Å². The number of aromatic nitrogens is 6. The van der Waals surface area contributed by atoms with Crippen LogP contribution in [-0.2, 0) is 47.8 Å². The summed E-state index contributed by atoms with van der Waals surface area (Å²) < 4.78 is 118. The van der Waals surface area contributed by atoms with Gasteiger partial charge in [-0.05, 0) is 54.7 Å². The fourth-order valence-corrected chi connectivity index (χ4v) is 8.39. The number of carbonyl (C=O) groups excluding carboxylic acids is 1. The Morgan fingerprint density at radius 1 is 1.04 bits per heavy atom. The molecular weight excluding hydrogens is 762 g/mol. The highest BCUT2D eigenvalue weighted by atomic mass is 35.5. The molecule has 1 unspecified atom stereocenters. The van der Waals surface area contributed by atoms with Gasteiger partial charge in [0, 0.05) is 49.0 Å². The van der Waals surface area contributed by atoms with Crippen LogP contribution in [0.5, 0.6) is 0 Å². The van der Waals surface area contributed by atoms with Gasteiger partial charge < -0.3 is 9.88 Å². The number of rotatable bonds is 10. The molecule has 2 aliphatic carbocycles. The maximum Gasteiger partial charge on any atom is 0.293 e. The second-order valence-electron chi connectivity index (χ2n) is 13.7. The SMILES string of the molecule is Cn1ccc2nc(C(Cc3cc(F)cc(F)c3)NC(=O)Cn3nc(C(F)F)c4c3C(F)(F)[C@@H]3C[C@H]43)c(-c3ccc(Cl)c4c(NS(C)(=O)=O)nn(C)c34)cc21. The highest BCUT2D eigenvalue weighted by Gasteiger charge is 2.67. The summed E-state index contributed by atoms with van der Waals surface area (Å²) in [6.07, 6.45) is -0.675. The number of hydrogen-bond acceptors (Lipinski definition) is 6. The van der Waals surface area contributed by atoms with Crippen LogP contribution in [0.4, 0.5) is 32.2 Å². The van der Waals surface area contributed by atoms with Crippen molar-refractivity contribution in [3.8, 4) is 11.1 Å². The predicted octanol–water partition coefficient (Wildman–Crippen LogP) is 6.87. The van der Waals surface area contributed by atoms with E-state index in [1.807, 2.05) is 0 Å². The third-order valence-electron chi connectivity index (χ3n) is 9.89. The van der Waals surface area contributed by atoms with Crippen molar-refractivity contribution in [2.45, 2.75) is 43.7 Å². The molecular formula is C35H29ClF6N8O3S. The molecule has 0 saturated heterocycles. The van der Waals surface area contributed by atoms with Gasteiger partial charge in [0.1, 0.15) is 29.6 Å². The van der Waals surface area contributed by atoms with E-state index in [1.165, 1.54) is 10.7 Å². The Morgan fingerprint density at radius 3 is 2.44 bits per heavy atom. The van der Waals surface area contributed by atoms with Gasteiger partial charge in [-0.25, -0.2) is 31.0 Å². The lowest BCUT2D eigenvalue weighted by molar-refractivity contribution is -0.123. The maximum atomic E-state index is 15.3. The van der Waals surface area contributed by atoms with E-state index < -0.39 is 75.7 Å². The van der Waals surface area contributed by atoms with E-state index in [0.717, 1.165) is 18.4 Å². The Labute approximate surface area is 308 Å². The molecule has 2 N–H and O–H groups in total. The van der Waals surface area contributed by atoms with Crippen LogP contribution >= 0.6 is 11.6 Å². The van der Waals surface area contributed by atoms with Crippen LogP contribution in [0.15, 0.2) is 48.7 Å². The molecule has 0 aliphatic heterocycles. The van der Waals surface area contributed by atoms with E-state index in [2.05, 4.69) is 20.2 Å². The molecule has 1 fully saturated rings. The summed E-state index contributed by atoms with van der Waals surface area (Å²) in [5.41, 5.74) is 0.766. The Balaban J connectivity index is 1.28. The fraction of sp³-hybridized carbons (Fsp3) is 0.314. The maximum absolute atomic E-state index is 15.3. The van der Waals surface area contributed by atoms with Gasteiger partial charge in [-0.15, -0.1) is 0 Å². The lowest BCUT2D eigenvalue weighted by atomic mass is 9.93. The Hall–Kier alpha value is -5.10. The molecule has 2 aliphatic rings. The van der Waals surface area contributed by atoms with Crippen molar-refractivity contribution in [3.05, 3.63) is 93.5 Å². The predicted molar refractivity (Wildman–Crippen MR) is 187 cm³/mol. The number of fused-ring (bicyclic) bond motifs is 5. The molecule has 19 heteroatoms. The summed E-state index contributed by atoms with van der Waals surface area (Å²) in [6, 6.07) is 8.21. The van der Waals surface area contributed by atoms with Gasteiger partial charge in [0.25, 0.3) is 12.3 Å². The molecule has 0 bridgehead atoms. The number of nitrogens with zero attached hydrogens (tertiary/aromatic N) is 6. The van der Waals surface area contributed by atoms with Crippen LogP contribution in [0.1, 0.15) is 53.0 Å². The average molecular weight is 791 g/mol. The number of hydrogen-bond donors (Lipinski definition) is 2. The molecule has 4 heterocycles. The van der Waals surface area contributed by atoms with Crippen molar-refractivity contribution in [1.82, 2.24) is 34.4 Å². The van der Waals surface area contributed by atoms with Crippen LogP contribution in [-0.4, -0.2) is 49.7 Å². The molecule has 1 amide bonds. The highest BCUT2D eigenvalue weighted by molar-refractivity contribution is 7.92. The molecule has 11 nitrogen and oxygen atoms in total. The van der Waals surface area contributed by atoms with Gasteiger partial charge in [-0.3, -0.25) is 18.9 Å². The minimum atomic E-state index is -3.80. The first kappa shape index (κ1) is 35.9. The summed E-state index contributed by atoms with van der Waals surface area (Å²) in [6.45, 7) is -0.867. The minimum Gasteiger partial charge on any atom is -0.349 e. The van der Waals surface area contributed by atoms with Crippen LogP contribution in [0.25, 0.3) is 33.1 Å². The lowest BCUT2D eigenvalue weighted by Gasteiger charge is -2.23. The minimum absolute atomic E-state index is 0.0424. The summed E-state index contributed by atoms with van der Waals surface area (Å²) in [4.78, 5) is 18.8. The zero-order valence-electron chi connectivity index (χ0n) is 28.5. The summed E-state index contributed by atoms with van der Waals surface area (Å²) >= 11 is 6.60. The number of carbonyl (C=O) groups is 1.